The summed E-state index contributed by atoms with van der Waals surface area (Å²) in [7, 11) is 0. The molecule has 4 heteroatoms. The molecule has 0 aliphatic carbocycles. The number of pyridine rings is 1. The minimum absolute atomic E-state index is 0.182. The van der Waals surface area contributed by atoms with Gasteiger partial charge >= 0.3 is 0 Å². The molecule has 0 aliphatic heterocycles. The molecule has 1 unspecified atom stereocenters. The molecule has 0 radical (unpaired) electrons. The van der Waals surface area contributed by atoms with Crippen molar-refractivity contribution in [2.45, 2.75) is 32.7 Å². The van der Waals surface area contributed by atoms with E-state index in [1.807, 2.05) is 30.5 Å². The molecule has 2 nitrogen and oxygen atoms in total. The molecule has 0 aliphatic rings. The number of hydrogen-bond donors (Lipinski definition) is 1. The molecule has 0 saturated heterocycles. The molecule has 2 aromatic rings. The predicted molar refractivity (Wildman–Crippen MR) is 90.2 cm³/mol. The van der Waals surface area contributed by atoms with Crippen LogP contribution in [0.5, 0.6) is 0 Å². The highest BCUT2D eigenvalue weighted by atomic mass is 35.5. The third-order valence-electron chi connectivity index (χ3n) is 3.36. The number of hydrogen-bond acceptors (Lipinski definition) is 2. The third-order valence-corrected chi connectivity index (χ3v) is 4.10. The first kappa shape index (κ1) is 16.3. The van der Waals surface area contributed by atoms with Gasteiger partial charge in [-0.25, -0.2) is 0 Å². The lowest BCUT2D eigenvalue weighted by molar-refractivity contribution is 0.517. The molecule has 0 amide bonds. The van der Waals surface area contributed by atoms with Gasteiger partial charge in [0.05, 0.1) is 21.8 Å². The summed E-state index contributed by atoms with van der Waals surface area (Å²) in [6, 6.07) is 10.1. The summed E-state index contributed by atoms with van der Waals surface area (Å²) >= 11 is 12.1. The molecule has 1 aromatic carbocycles. The van der Waals surface area contributed by atoms with Gasteiger partial charge in [0, 0.05) is 6.20 Å². The summed E-state index contributed by atoms with van der Waals surface area (Å²) in [5.74, 6) is 0. The Morgan fingerprint density at radius 3 is 2.62 bits per heavy atom. The zero-order chi connectivity index (χ0) is 15.2. The molecule has 0 spiro atoms. The van der Waals surface area contributed by atoms with Gasteiger partial charge in [-0.2, -0.15) is 0 Å². The number of aromatic nitrogens is 1. The normalized spacial score (nSPS) is 12.4. The van der Waals surface area contributed by atoms with Gasteiger partial charge < -0.3 is 5.32 Å². The lowest BCUT2D eigenvalue weighted by atomic mass is 10.0. The molecule has 0 bridgehead atoms. The highest BCUT2D eigenvalue weighted by Crippen LogP contribution is 2.25. The minimum Gasteiger partial charge on any atom is -0.308 e. The van der Waals surface area contributed by atoms with Crippen LogP contribution < -0.4 is 5.32 Å². The van der Waals surface area contributed by atoms with Crippen molar-refractivity contribution in [3.63, 3.8) is 0 Å². The molecule has 21 heavy (non-hydrogen) atoms. The molecule has 0 saturated carbocycles. The number of aryl methyl sites for hydroxylation is 1. The maximum Gasteiger partial charge on any atom is 0.0595 e. The molecular weight excluding hydrogens is 303 g/mol. The van der Waals surface area contributed by atoms with Crippen LogP contribution in [0.1, 0.15) is 36.2 Å². The number of halogens is 2. The average Bonchev–Trinajstić information content (AvgIpc) is 2.47. The van der Waals surface area contributed by atoms with Gasteiger partial charge in [-0.15, -0.1) is 0 Å². The van der Waals surface area contributed by atoms with E-state index in [0.717, 1.165) is 30.6 Å². The summed E-state index contributed by atoms with van der Waals surface area (Å²) in [6.45, 7) is 5.20. The fourth-order valence-corrected chi connectivity index (χ4v) is 2.57. The Bertz CT molecular complexity index is 599. The summed E-state index contributed by atoms with van der Waals surface area (Å²) in [5.41, 5.74) is 3.44. The van der Waals surface area contributed by atoms with Crippen LogP contribution in [0.4, 0.5) is 0 Å². The number of benzene rings is 1. The summed E-state index contributed by atoms with van der Waals surface area (Å²) in [4.78, 5) is 4.51. The Balaban J connectivity index is 2.21. The minimum atomic E-state index is 0.182. The van der Waals surface area contributed by atoms with Gasteiger partial charge in [0.25, 0.3) is 0 Å². The van der Waals surface area contributed by atoms with Crippen LogP contribution in [0, 0.1) is 6.92 Å². The van der Waals surface area contributed by atoms with E-state index >= 15 is 0 Å². The van der Waals surface area contributed by atoms with Crippen molar-refractivity contribution in [1.82, 2.24) is 10.3 Å². The standard InChI is InChI=1S/C17H20Cl2N2/c1-3-7-20-17(16-9-12(2)6-8-21-16)11-13-4-5-14(18)15(19)10-13/h4-6,8-10,17,20H,3,7,11H2,1-2H3. The fraction of sp³-hybridized carbons (Fsp3) is 0.353. The highest BCUT2D eigenvalue weighted by Gasteiger charge is 2.14. The lowest BCUT2D eigenvalue weighted by Gasteiger charge is -2.19. The zero-order valence-electron chi connectivity index (χ0n) is 12.4. The second-order valence-corrected chi connectivity index (χ2v) is 6.03. The number of nitrogens with one attached hydrogen (secondary N) is 1. The van der Waals surface area contributed by atoms with Crippen molar-refractivity contribution in [2.24, 2.45) is 0 Å². The summed E-state index contributed by atoms with van der Waals surface area (Å²) in [6.07, 6.45) is 3.79. The van der Waals surface area contributed by atoms with Crippen molar-refractivity contribution < 1.29 is 0 Å². The van der Waals surface area contributed by atoms with E-state index in [4.69, 9.17) is 23.2 Å². The van der Waals surface area contributed by atoms with E-state index in [9.17, 15) is 0 Å². The molecule has 1 aromatic heterocycles. The van der Waals surface area contributed by atoms with E-state index < -0.39 is 0 Å². The van der Waals surface area contributed by atoms with Crippen molar-refractivity contribution >= 4 is 23.2 Å². The number of nitrogens with zero attached hydrogens (tertiary/aromatic N) is 1. The second-order valence-electron chi connectivity index (χ2n) is 5.22. The Labute approximate surface area is 136 Å². The largest absolute Gasteiger partial charge is 0.308 e. The quantitative estimate of drug-likeness (QED) is 0.811. The van der Waals surface area contributed by atoms with Crippen LogP contribution in [0.3, 0.4) is 0 Å². The molecular formula is C17H20Cl2N2. The van der Waals surface area contributed by atoms with Gasteiger partial charge in [-0.05, 0) is 61.7 Å². The Hall–Kier alpha value is -1.09. The molecule has 1 heterocycles. The van der Waals surface area contributed by atoms with Gasteiger partial charge in [0.2, 0.25) is 0 Å². The first-order valence-electron chi connectivity index (χ1n) is 7.20. The Morgan fingerprint density at radius 2 is 1.95 bits per heavy atom. The van der Waals surface area contributed by atoms with E-state index in [0.29, 0.717) is 10.0 Å². The molecule has 1 N–H and O–H groups in total. The van der Waals surface area contributed by atoms with Crippen LogP contribution in [0.15, 0.2) is 36.5 Å². The average molecular weight is 323 g/mol. The number of rotatable bonds is 6. The topological polar surface area (TPSA) is 24.9 Å². The third kappa shape index (κ3) is 4.70. The first-order valence-corrected chi connectivity index (χ1v) is 7.95. The lowest BCUT2D eigenvalue weighted by Crippen LogP contribution is -2.25. The first-order chi connectivity index (χ1) is 10.1. The zero-order valence-corrected chi connectivity index (χ0v) is 13.9. The maximum atomic E-state index is 6.10. The van der Waals surface area contributed by atoms with Gasteiger partial charge in [-0.3, -0.25) is 4.98 Å². The molecule has 1 atom stereocenters. The van der Waals surface area contributed by atoms with E-state index in [-0.39, 0.29) is 6.04 Å². The summed E-state index contributed by atoms with van der Waals surface area (Å²) in [5, 5.41) is 4.74. The van der Waals surface area contributed by atoms with Gasteiger partial charge in [-0.1, -0.05) is 36.2 Å². The van der Waals surface area contributed by atoms with Gasteiger partial charge in [0.15, 0.2) is 0 Å². The molecule has 112 valence electrons. The highest BCUT2D eigenvalue weighted by molar-refractivity contribution is 6.42. The maximum absolute atomic E-state index is 6.10. The van der Waals surface area contributed by atoms with Crippen LogP contribution in [0.2, 0.25) is 10.0 Å². The van der Waals surface area contributed by atoms with Crippen molar-refractivity contribution in [2.75, 3.05) is 6.54 Å². The second kappa shape index (κ2) is 7.79. The van der Waals surface area contributed by atoms with Crippen LogP contribution >= 0.6 is 23.2 Å². The van der Waals surface area contributed by atoms with Crippen LogP contribution in [-0.4, -0.2) is 11.5 Å². The smallest absolute Gasteiger partial charge is 0.0595 e. The molecule has 0 fully saturated rings. The van der Waals surface area contributed by atoms with Crippen LogP contribution in [-0.2, 0) is 6.42 Å². The van der Waals surface area contributed by atoms with Crippen molar-refractivity contribution in [3.05, 3.63) is 63.4 Å². The predicted octanol–water partition coefficient (Wildman–Crippen LogP) is 4.98. The van der Waals surface area contributed by atoms with Crippen molar-refractivity contribution in [1.29, 1.82) is 0 Å². The van der Waals surface area contributed by atoms with E-state index in [1.165, 1.54) is 5.56 Å². The van der Waals surface area contributed by atoms with E-state index in [1.54, 1.807) is 0 Å². The Morgan fingerprint density at radius 1 is 1.14 bits per heavy atom. The van der Waals surface area contributed by atoms with E-state index in [2.05, 4.69) is 30.2 Å². The SMILES string of the molecule is CCCNC(Cc1ccc(Cl)c(Cl)c1)c1cc(C)ccn1. The van der Waals surface area contributed by atoms with Gasteiger partial charge in [0.1, 0.15) is 0 Å². The Kier molecular flexibility index (Phi) is 6.04. The summed E-state index contributed by atoms with van der Waals surface area (Å²) < 4.78 is 0. The monoisotopic (exact) mass is 322 g/mol. The van der Waals surface area contributed by atoms with Crippen LogP contribution in [0.25, 0.3) is 0 Å². The molecule has 2 rings (SSSR count). The van der Waals surface area contributed by atoms with Crippen molar-refractivity contribution in [3.8, 4) is 0 Å². The fourth-order valence-electron chi connectivity index (χ4n) is 2.25.